The zero-order valence-electron chi connectivity index (χ0n) is 8.95. The Hall–Kier alpha value is -1.89. The van der Waals surface area contributed by atoms with Crippen LogP contribution in [0, 0.1) is 11.8 Å². The van der Waals surface area contributed by atoms with Crippen molar-refractivity contribution >= 4 is 11.9 Å². The smallest absolute Gasteiger partial charge is 0.0664 e. The van der Waals surface area contributed by atoms with Crippen LogP contribution < -0.4 is 0 Å². The van der Waals surface area contributed by atoms with Crippen molar-refractivity contribution in [1.29, 1.82) is 0 Å². The van der Waals surface area contributed by atoms with Crippen molar-refractivity contribution in [2.24, 2.45) is 16.8 Å². The summed E-state index contributed by atoms with van der Waals surface area (Å²) in [7, 11) is 0. The molecule has 16 heavy (non-hydrogen) atoms. The van der Waals surface area contributed by atoms with E-state index >= 15 is 0 Å². The van der Waals surface area contributed by atoms with E-state index in [4.69, 9.17) is 0 Å². The zero-order valence-corrected chi connectivity index (χ0v) is 8.95. The Balaban J connectivity index is 1.94. The molecule has 0 bridgehead atoms. The number of fused-ring (bicyclic) bond motifs is 1. The van der Waals surface area contributed by atoms with Gasteiger partial charge in [0, 0.05) is 18.1 Å². The third kappa shape index (κ3) is 1.65. The minimum atomic E-state index is 0.442. The van der Waals surface area contributed by atoms with E-state index in [1.807, 2.05) is 24.4 Å². The summed E-state index contributed by atoms with van der Waals surface area (Å²) < 4.78 is 0. The van der Waals surface area contributed by atoms with Gasteiger partial charge in [-0.25, -0.2) is 0 Å². The standard InChI is InChI=1S/C15H13N/c1-2-6-12(7-3-1)15-10-13-8-4-5-9-14(13)11-16-15/h1-11,13-14H. The van der Waals surface area contributed by atoms with Crippen molar-refractivity contribution in [3.63, 3.8) is 0 Å². The van der Waals surface area contributed by atoms with Crippen molar-refractivity contribution in [1.82, 2.24) is 0 Å². The van der Waals surface area contributed by atoms with E-state index in [1.165, 1.54) is 5.56 Å². The molecule has 3 rings (SSSR count). The predicted molar refractivity (Wildman–Crippen MR) is 68.2 cm³/mol. The van der Waals surface area contributed by atoms with Crippen molar-refractivity contribution in [3.8, 4) is 0 Å². The van der Waals surface area contributed by atoms with Gasteiger partial charge in [0.1, 0.15) is 0 Å². The molecule has 2 aliphatic rings. The molecule has 1 aromatic carbocycles. The first-order chi connectivity index (χ1) is 7.93. The Labute approximate surface area is 95.5 Å². The van der Waals surface area contributed by atoms with Crippen molar-refractivity contribution < 1.29 is 0 Å². The Kier molecular flexibility index (Phi) is 2.30. The van der Waals surface area contributed by atoms with Crippen LogP contribution in [0.1, 0.15) is 5.56 Å². The second kappa shape index (κ2) is 3.93. The number of nitrogens with zero attached hydrogens (tertiary/aromatic N) is 1. The number of hydrogen-bond acceptors (Lipinski definition) is 1. The summed E-state index contributed by atoms with van der Waals surface area (Å²) in [5.74, 6) is 0.912. The summed E-state index contributed by atoms with van der Waals surface area (Å²) in [6.45, 7) is 0. The summed E-state index contributed by atoms with van der Waals surface area (Å²) in [5, 5.41) is 0. The van der Waals surface area contributed by atoms with Gasteiger partial charge in [0.25, 0.3) is 0 Å². The fourth-order valence-corrected chi connectivity index (χ4v) is 2.13. The topological polar surface area (TPSA) is 12.4 Å². The Morgan fingerprint density at radius 1 is 0.875 bits per heavy atom. The van der Waals surface area contributed by atoms with Crippen molar-refractivity contribution in [2.45, 2.75) is 0 Å². The molecule has 1 heterocycles. The van der Waals surface area contributed by atoms with Crippen LogP contribution in [0.25, 0.3) is 5.70 Å². The van der Waals surface area contributed by atoms with E-state index in [0.717, 1.165) is 5.70 Å². The summed E-state index contributed by atoms with van der Waals surface area (Å²) >= 11 is 0. The number of benzene rings is 1. The van der Waals surface area contributed by atoms with Crippen LogP contribution in [0.2, 0.25) is 0 Å². The highest BCUT2D eigenvalue weighted by Gasteiger charge is 2.19. The molecule has 1 heteroatoms. The van der Waals surface area contributed by atoms with Gasteiger partial charge < -0.3 is 0 Å². The molecule has 0 fully saturated rings. The fourth-order valence-electron chi connectivity index (χ4n) is 2.13. The van der Waals surface area contributed by atoms with Crippen LogP contribution in [0.3, 0.4) is 0 Å². The number of allylic oxidation sites excluding steroid dienone is 5. The second-order valence-electron chi connectivity index (χ2n) is 4.12. The maximum absolute atomic E-state index is 4.54. The SMILES string of the molecule is C1=CC2C=NC(c3ccccc3)=CC2C=C1. The maximum atomic E-state index is 4.54. The van der Waals surface area contributed by atoms with E-state index in [0.29, 0.717) is 11.8 Å². The lowest BCUT2D eigenvalue weighted by Crippen LogP contribution is -2.15. The quantitative estimate of drug-likeness (QED) is 0.668. The molecule has 78 valence electrons. The summed E-state index contributed by atoms with van der Waals surface area (Å²) in [5.41, 5.74) is 2.28. The molecule has 0 amide bonds. The van der Waals surface area contributed by atoms with Gasteiger partial charge in [-0.2, -0.15) is 0 Å². The number of aliphatic imine (C=N–C) groups is 1. The zero-order chi connectivity index (χ0) is 10.8. The summed E-state index contributed by atoms with van der Waals surface area (Å²) in [6, 6.07) is 10.3. The molecule has 1 aliphatic heterocycles. The third-order valence-electron chi connectivity index (χ3n) is 3.03. The van der Waals surface area contributed by atoms with Crippen molar-refractivity contribution in [3.05, 3.63) is 66.3 Å². The lowest BCUT2D eigenvalue weighted by Gasteiger charge is -2.22. The Bertz CT molecular complexity index is 491. The summed E-state index contributed by atoms with van der Waals surface area (Å²) in [4.78, 5) is 4.54. The van der Waals surface area contributed by atoms with Gasteiger partial charge >= 0.3 is 0 Å². The molecule has 1 aliphatic carbocycles. The minimum Gasteiger partial charge on any atom is -0.260 e. The molecule has 0 saturated carbocycles. The third-order valence-corrected chi connectivity index (χ3v) is 3.03. The van der Waals surface area contributed by atoms with Crippen LogP contribution in [0.5, 0.6) is 0 Å². The lowest BCUT2D eigenvalue weighted by molar-refractivity contribution is 0.707. The molecular weight excluding hydrogens is 194 g/mol. The number of hydrogen-bond donors (Lipinski definition) is 0. The van der Waals surface area contributed by atoms with Gasteiger partial charge in [0.05, 0.1) is 5.70 Å². The van der Waals surface area contributed by atoms with E-state index in [1.54, 1.807) is 0 Å². The van der Waals surface area contributed by atoms with E-state index < -0.39 is 0 Å². The molecule has 0 radical (unpaired) electrons. The van der Waals surface area contributed by atoms with Gasteiger partial charge in [0.15, 0.2) is 0 Å². The molecule has 0 N–H and O–H groups in total. The molecule has 0 saturated heterocycles. The van der Waals surface area contributed by atoms with Crippen LogP contribution in [-0.2, 0) is 0 Å². The first-order valence-corrected chi connectivity index (χ1v) is 5.60. The Morgan fingerprint density at radius 3 is 2.44 bits per heavy atom. The Morgan fingerprint density at radius 2 is 1.62 bits per heavy atom. The maximum Gasteiger partial charge on any atom is 0.0664 e. The predicted octanol–water partition coefficient (Wildman–Crippen LogP) is 3.47. The molecule has 0 spiro atoms. The molecule has 1 nitrogen and oxygen atoms in total. The molecule has 1 aromatic rings. The fraction of sp³-hybridized carbons (Fsp3) is 0.133. The van der Waals surface area contributed by atoms with Crippen LogP contribution in [0.15, 0.2) is 65.7 Å². The van der Waals surface area contributed by atoms with Crippen molar-refractivity contribution in [2.75, 3.05) is 0 Å². The molecular formula is C15H13N. The van der Waals surface area contributed by atoms with Gasteiger partial charge in [-0.1, -0.05) is 60.7 Å². The highest BCUT2D eigenvalue weighted by Crippen LogP contribution is 2.29. The first kappa shape index (κ1) is 9.34. The lowest BCUT2D eigenvalue weighted by atomic mass is 9.86. The highest BCUT2D eigenvalue weighted by molar-refractivity contribution is 5.80. The molecule has 0 aromatic heterocycles. The summed E-state index contributed by atoms with van der Waals surface area (Å²) in [6.07, 6.45) is 12.9. The van der Waals surface area contributed by atoms with Crippen LogP contribution in [0.4, 0.5) is 0 Å². The van der Waals surface area contributed by atoms with E-state index in [2.05, 4.69) is 47.5 Å². The van der Waals surface area contributed by atoms with E-state index in [9.17, 15) is 0 Å². The average Bonchev–Trinajstić information content (AvgIpc) is 2.39. The minimum absolute atomic E-state index is 0.442. The average molecular weight is 207 g/mol. The van der Waals surface area contributed by atoms with Crippen LogP contribution in [-0.4, -0.2) is 6.21 Å². The number of rotatable bonds is 1. The monoisotopic (exact) mass is 207 g/mol. The van der Waals surface area contributed by atoms with Gasteiger partial charge in [-0.15, -0.1) is 0 Å². The first-order valence-electron chi connectivity index (χ1n) is 5.60. The van der Waals surface area contributed by atoms with Gasteiger partial charge in [0.2, 0.25) is 0 Å². The largest absolute Gasteiger partial charge is 0.260 e. The normalized spacial score (nSPS) is 26.4. The molecule has 2 atom stereocenters. The van der Waals surface area contributed by atoms with Crippen LogP contribution >= 0.6 is 0 Å². The molecule has 2 unspecified atom stereocenters. The second-order valence-corrected chi connectivity index (χ2v) is 4.12. The van der Waals surface area contributed by atoms with E-state index in [-0.39, 0.29) is 0 Å². The highest BCUT2D eigenvalue weighted by atomic mass is 14.8. The van der Waals surface area contributed by atoms with Gasteiger partial charge in [-0.3, -0.25) is 4.99 Å². The van der Waals surface area contributed by atoms with Gasteiger partial charge in [-0.05, 0) is 5.56 Å².